The largest absolute Gasteiger partial charge is 0.494 e. The van der Waals surface area contributed by atoms with E-state index in [1.54, 1.807) is 11.3 Å². The van der Waals surface area contributed by atoms with Gasteiger partial charge < -0.3 is 4.74 Å². The number of hydrogen-bond acceptors (Lipinski definition) is 4. The quantitative estimate of drug-likeness (QED) is 0.803. The molecule has 0 unspecified atom stereocenters. The molecule has 0 N–H and O–H groups in total. The smallest absolute Gasteiger partial charge is 0.124 e. The Morgan fingerprint density at radius 2 is 2.16 bits per heavy atom. The lowest BCUT2D eigenvalue weighted by molar-refractivity contribution is 0.340. The molecule has 0 radical (unpaired) electrons. The van der Waals surface area contributed by atoms with Gasteiger partial charge in [0.1, 0.15) is 10.8 Å². The topological polar surface area (TPSA) is 22.1 Å². The highest BCUT2D eigenvalue weighted by atomic mass is 32.1. The molecule has 0 amide bonds. The molecule has 0 aliphatic heterocycles. The number of nitrogens with zero attached hydrogens (tertiary/aromatic N) is 1. The van der Waals surface area contributed by atoms with E-state index in [4.69, 9.17) is 9.72 Å². The summed E-state index contributed by atoms with van der Waals surface area (Å²) in [5, 5.41) is 1.05. The highest BCUT2D eigenvalue weighted by molar-refractivity contribution is 7.79. The van der Waals surface area contributed by atoms with E-state index in [0.29, 0.717) is 12.5 Å². The standard InChI is InChI=1S/C15H19NOS2/c1-4-17-12-7-5-6-11(8-12)15-16-14(10(2)3)13(9-18)19-15/h5-8,10,18H,4,9H2,1-3H3. The van der Waals surface area contributed by atoms with Gasteiger partial charge >= 0.3 is 0 Å². The van der Waals surface area contributed by atoms with Crippen LogP contribution >= 0.6 is 24.0 Å². The van der Waals surface area contributed by atoms with Crippen LogP contribution in [-0.2, 0) is 5.75 Å². The second-order valence-corrected chi connectivity index (χ2v) is 6.00. The van der Waals surface area contributed by atoms with Crippen molar-refractivity contribution in [2.24, 2.45) is 0 Å². The Hall–Kier alpha value is -1.000. The van der Waals surface area contributed by atoms with Crippen molar-refractivity contribution >= 4 is 24.0 Å². The maximum absolute atomic E-state index is 5.54. The maximum Gasteiger partial charge on any atom is 0.124 e. The van der Waals surface area contributed by atoms with Crippen LogP contribution in [0.5, 0.6) is 5.75 Å². The minimum absolute atomic E-state index is 0.433. The van der Waals surface area contributed by atoms with E-state index >= 15 is 0 Å². The van der Waals surface area contributed by atoms with Crippen molar-refractivity contribution in [2.75, 3.05) is 6.61 Å². The van der Waals surface area contributed by atoms with Crippen LogP contribution in [0, 0.1) is 0 Å². The van der Waals surface area contributed by atoms with E-state index in [1.165, 1.54) is 4.88 Å². The first-order valence-corrected chi connectivity index (χ1v) is 7.94. The van der Waals surface area contributed by atoms with Gasteiger partial charge in [0.25, 0.3) is 0 Å². The summed E-state index contributed by atoms with van der Waals surface area (Å²) in [4.78, 5) is 6.03. The average molecular weight is 293 g/mol. The maximum atomic E-state index is 5.54. The van der Waals surface area contributed by atoms with E-state index in [1.807, 2.05) is 19.1 Å². The fourth-order valence-corrected chi connectivity index (χ4v) is 3.37. The Morgan fingerprint density at radius 1 is 1.37 bits per heavy atom. The first-order valence-electron chi connectivity index (χ1n) is 6.49. The van der Waals surface area contributed by atoms with Gasteiger partial charge in [0, 0.05) is 16.2 Å². The molecule has 2 aromatic rings. The second kappa shape index (κ2) is 6.44. The van der Waals surface area contributed by atoms with Gasteiger partial charge in [-0.2, -0.15) is 12.6 Å². The molecule has 0 bridgehead atoms. The average Bonchev–Trinajstić information content (AvgIpc) is 2.84. The number of rotatable bonds is 5. The Kier molecular flexibility index (Phi) is 4.88. The molecule has 1 heterocycles. The van der Waals surface area contributed by atoms with Gasteiger partial charge in [-0.3, -0.25) is 0 Å². The van der Waals surface area contributed by atoms with E-state index in [2.05, 4.69) is 38.6 Å². The van der Waals surface area contributed by atoms with Crippen LogP contribution in [0.15, 0.2) is 24.3 Å². The summed E-state index contributed by atoms with van der Waals surface area (Å²) >= 11 is 6.12. The van der Waals surface area contributed by atoms with E-state index in [9.17, 15) is 0 Å². The number of thiazole rings is 1. The van der Waals surface area contributed by atoms with Gasteiger partial charge in [-0.25, -0.2) is 4.98 Å². The lowest BCUT2D eigenvalue weighted by Gasteiger charge is -2.04. The molecule has 2 nitrogen and oxygen atoms in total. The van der Waals surface area contributed by atoms with Crippen molar-refractivity contribution in [3.8, 4) is 16.3 Å². The Bertz CT molecular complexity index is 549. The van der Waals surface area contributed by atoms with Crippen LogP contribution in [0.1, 0.15) is 37.3 Å². The minimum Gasteiger partial charge on any atom is -0.494 e. The predicted molar refractivity (Wildman–Crippen MR) is 85.5 cm³/mol. The summed E-state index contributed by atoms with van der Waals surface area (Å²) < 4.78 is 5.54. The summed E-state index contributed by atoms with van der Waals surface area (Å²) in [5.74, 6) is 2.08. The third-order valence-corrected chi connectivity index (χ3v) is 4.46. The van der Waals surface area contributed by atoms with Gasteiger partial charge in [-0.05, 0) is 25.0 Å². The van der Waals surface area contributed by atoms with Crippen molar-refractivity contribution in [1.29, 1.82) is 0 Å². The van der Waals surface area contributed by atoms with Crippen molar-refractivity contribution in [3.63, 3.8) is 0 Å². The van der Waals surface area contributed by atoms with Gasteiger partial charge in [-0.15, -0.1) is 11.3 Å². The van der Waals surface area contributed by atoms with E-state index in [0.717, 1.165) is 27.8 Å². The van der Waals surface area contributed by atoms with Crippen molar-refractivity contribution in [2.45, 2.75) is 32.4 Å². The number of benzene rings is 1. The number of ether oxygens (including phenoxy) is 1. The van der Waals surface area contributed by atoms with Crippen LogP contribution in [0.2, 0.25) is 0 Å². The molecular weight excluding hydrogens is 274 g/mol. The van der Waals surface area contributed by atoms with E-state index < -0.39 is 0 Å². The molecule has 0 saturated carbocycles. The summed E-state index contributed by atoms with van der Waals surface area (Å²) in [6, 6.07) is 8.11. The number of aromatic nitrogens is 1. The first kappa shape index (κ1) is 14.4. The molecule has 0 aliphatic carbocycles. The zero-order valence-electron chi connectivity index (χ0n) is 11.5. The molecule has 2 rings (SSSR count). The molecule has 1 aromatic heterocycles. The summed E-state index contributed by atoms with van der Waals surface area (Å²) in [5.41, 5.74) is 2.28. The van der Waals surface area contributed by atoms with Gasteiger partial charge in [-0.1, -0.05) is 26.0 Å². The predicted octanol–water partition coefficient (Wildman–Crippen LogP) is 4.76. The zero-order chi connectivity index (χ0) is 13.8. The Morgan fingerprint density at radius 3 is 2.74 bits per heavy atom. The van der Waals surface area contributed by atoms with E-state index in [-0.39, 0.29) is 0 Å². The van der Waals surface area contributed by atoms with Crippen molar-refractivity contribution < 1.29 is 4.74 Å². The van der Waals surface area contributed by atoms with Crippen molar-refractivity contribution in [3.05, 3.63) is 34.8 Å². The lowest BCUT2D eigenvalue weighted by Crippen LogP contribution is -1.92. The molecule has 19 heavy (non-hydrogen) atoms. The number of hydrogen-bond donors (Lipinski definition) is 1. The molecular formula is C15H19NOS2. The molecule has 0 saturated heterocycles. The third kappa shape index (κ3) is 3.31. The van der Waals surface area contributed by atoms with Crippen LogP contribution in [0.25, 0.3) is 10.6 Å². The SMILES string of the molecule is CCOc1cccc(-c2nc(C(C)C)c(CS)s2)c1. The molecule has 4 heteroatoms. The first-order chi connectivity index (χ1) is 9.15. The molecule has 102 valence electrons. The molecule has 0 aliphatic rings. The Balaban J connectivity index is 2.38. The molecule has 0 fully saturated rings. The minimum atomic E-state index is 0.433. The van der Waals surface area contributed by atoms with Gasteiger partial charge in [0.05, 0.1) is 12.3 Å². The monoisotopic (exact) mass is 293 g/mol. The zero-order valence-corrected chi connectivity index (χ0v) is 13.2. The third-order valence-electron chi connectivity index (χ3n) is 2.81. The van der Waals surface area contributed by atoms with Gasteiger partial charge in [0.2, 0.25) is 0 Å². The van der Waals surface area contributed by atoms with Crippen LogP contribution in [0.3, 0.4) is 0 Å². The summed E-state index contributed by atoms with van der Waals surface area (Å²) in [7, 11) is 0. The second-order valence-electron chi connectivity index (χ2n) is 4.60. The van der Waals surface area contributed by atoms with Crippen molar-refractivity contribution in [1.82, 2.24) is 4.98 Å². The Labute approximate surface area is 124 Å². The highest BCUT2D eigenvalue weighted by Crippen LogP contribution is 2.33. The number of thiol groups is 1. The van der Waals surface area contributed by atoms with Crippen LogP contribution in [0.4, 0.5) is 0 Å². The molecule has 1 aromatic carbocycles. The molecule has 0 spiro atoms. The fraction of sp³-hybridized carbons (Fsp3) is 0.400. The van der Waals surface area contributed by atoms with Crippen LogP contribution in [-0.4, -0.2) is 11.6 Å². The van der Waals surface area contributed by atoms with Crippen LogP contribution < -0.4 is 4.74 Å². The van der Waals surface area contributed by atoms with Gasteiger partial charge in [0.15, 0.2) is 0 Å². The summed E-state index contributed by atoms with van der Waals surface area (Å²) in [6.45, 7) is 7.01. The highest BCUT2D eigenvalue weighted by Gasteiger charge is 2.14. The lowest BCUT2D eigenvalue weighted by atomic mass is 10.1. The normalized spacial score (nSPS) is 11.0. The molecule has 0 atom stereocenters. The summed E-state index contributed by atoms with van der Waals surface area (Å²) in [6.07, 6.45) is 0. The fourth-order valence-electron chi connectivity index (χ4n) is 1.94.